The minimum Gasteiger partial charge on any atom is -0.480 e. The van der Waals surface area contributed by atoms with E-state index in [1.165, 1.54) is 6.42 Å². The van der Waals surface area contributed by atoms with Gasteiger partial charge in [-0.1, -0.05) is 18.6 Å². The molecule has 0 spiro atoms. The Labute approximate surface area is 121 Å². The number of carboxylic acids is 1. The zero-order valence-electron chi connectivity index (χ0n) is 10.5. The number of piperidine rings is 1. The van der Waals surface area contributed by atoms with Gasteiger partial charge >= 0.3 is 5.97 Å². The van der Waals surface area contributed by atoms with E-state index in [9.17, 15) is 9.90 Å². The van der Waals surface area contributed by atoms with E-state index in [1.807, 2.05) is 31.2 Å². The highest BCUT2D eigenvalue weighted by Gasteiger charge is 2.41. The Kier molecular flexibility index (Phi) is 4.27. The summed E-state index contributed by atoms with van der Waals surface area (Å²) >= 11 is 2.24. The molecule has 1 aliphatic rings. The van der Waals surface area contributed by atoms with Crippen molar-refractivity contribution in [2.75, 3.05) is 13.1 Å². The zero-order valence-corrected chi connectivity index (χ0v) is 12.7. The maximum Gasteiger partial charge on any atom is 0.328 e. The van der Waals surface area contributed by atoms with Gasteiger partial charge < -0.3 is 5.11 Å². The van der Waals surface area contributed by atoms with E-state index in [1.54, 1.807) is 0 Å². The van der Waals surface area contributed by atoms with Gasteiger partial charge in [0.15, 0.2) is 0 Å². The number of likely N-dealkylation sites (tertiary alicyclic amines) is 1. The van der Waals surface area contributed by atoms with Crippen molar-refractivity contribution in [1.29, 1.82) is 0 Å². The standard InChI is InChI=1S/C14H18INO2/c1-14(13(17)18,16-9-3-2-4-10-16)11-5-7-12(15)8-6-11/h5-8H,2-4,9-10H2,1H3,(H,17,18). The lowest BCUT2D eigenvalue weighted by atomic mass is 9.88. The molecule has 1 unspecified atom stereocenters. The van der Waals surface area contributed by atoms with Gasteiger partial charge in [-0.3, -0.25) is 4.90 Å². The maximum absolute atomic E-state index is 11.8. The molecule has 1 aromatic carbocycles. The fourth-order valence-corrected chi connectivity index (χ4v) is 2.92. The minimum absolute atomic E-state index is 0.759. The first kappa shape index (κ1) is 13.8. The molecule has 18 heavy (non-hydrogen) atoms. The number of halogens is 1. The lowest BCUT2D eigenvalue weighted by Crippen LogP contribution is -2.51. The lowest BCUT2D eigenvalue weighted by Gasteiger charge is -2.40. The number of rotatable bonds is 3. The van der Waals surface area contributed by atoms with Crippen LogP contribution in [0.5, 0.6) is 0 Å². The summed E-state index contributed by atoms with van der Waals surface area (Å²) in [5, 5.41) is 9.66. The van der Waals surface area contributed by atoms with Gasteiger partial charge in [0.1, 0.15) is 5.54 Å². The predicted molar refractivity (Wildman–Crippen MR) is 79.6 cm³/mol. The van der Waals surface area contributed by atoms with Gasteiger partial charge in [-0.25, -0.2) is 4.79 Å². The fourth-order valence-electron chi connectivity index (χ4n) is 2.56. The van der Waals surface area contributed by atoms with Crippen LogP contribution < -0.4 is 0 Å². The molecule has 4 heteroatoms. The molecule has 98 valence electrons. The van der Waals surface area contributed by atoms with Gasteiger partial charge in [0.05, 0.1) is 0 Å². The van der Waals surface area contributed by atoms with Crippen LogP contribution in [0, 0.1) is 3.57 Å². The van der Waals surface area contributed by atoms with Crippen LogP contribution in [0.1, 0.15) is 31.7 Å². The van der Waals surface area contributed by atoms with E-state index >= 15 is 0 Å². The SMILES string of the molecule is CC(C(=O)O)(c1ccc(I)cc1)N1CCCCC1. The summed E-state index contributed by atoms with van der Waals surface area (Å²) in [6.45, 7) is 3.56. The second-order valence-corrected chi connectivity index (χ2v) is 6.18. The molecule has 2 rings (SSSR count). The van der Waals surface area contributed by atoms with Crippen LogP contribution in [-0.2, 0) is 10.3 Å². The maximum atomic E-state index is 11.8. The summed E-state index contributed by atoms with van der Waals surface area (Å²) in [6, 6.07) is 7.82. The average molecular weight is 359 g/mol. The van der Waals surface area contributed by atoms with Crippen molar-refractivity contribution < 1.29 is 9.90 Å². The van der Waals surface area contributed by atoms with Crippen molar-refractivity contribution in [3.05, 3.63) is 33.4 Å². The van der Waals surface area contributed by atoms with Crippen molar-refractivity contribution in [3.8, 4) is 0 Å². The van der Waals surface area contributed by atoms with Gasteiger partial charge in [0.2, 0.25) is 0 Å². The van der Waals surface area contributed by atoms with Gasteiger partial charge in [0.25, 0.3) is 0 Å². The molecule has 0 saturated carbocycles. The first-order chi connectivity index (χ1) is 8.55. The van der Waals surface area contributed by atoms with E-state index in [2.05, 4.69) is 27.5 Å². The summed E-state index contributed by atoms with van der Waals surface area (Å²) in [5.74, 6) is -0.759. The first-order valence-corrected chi connectivity index (χ1v) is 7.37. The van der Waals surface area contributed by atoms with E-state index in [4.69, 9.17) is 0 Å². The van der Waals surface area contributed by atoms with Gasteiger partial charge in [-0.15, -0.1) is 0 Å². The van der Waals surface area contributed by atoms with Crippen LogP contribution in [-0.4, -0.2) is 29.1 Å². The Morgan fingerprint density at radius 2 is 1.78 bits per heavy atom. The largest absolute Gasteiger partial charge is 0.480 e. The van der Waals surface area contributed by atoms with Crippen LogP contribution >= 0.6 is 22.6 Å². The second kappa shape index (κ2) is 5.57. The van der Waals surface area contributed by atoms with Crippen molar-refractivity contribution in [1.82, 2.24) is 4.90 Å². The van der Waals surface area contributed by atoms with Crippen LogP contribution in [0.4, 0.5) is 0 Å². The van der Waals surface area contributed by atoms with Crippen molar-refractivity contribution in [3.63, 3.8) is 0 Å². The highest BCUT2D eigenvalue weighted by atomic mass is 127. The molecular formula is C14H18INO2. The molecule has 1 aliphatic heterocycles. The predicted octanol–water partition coefficient (Wildman–Crippen LogP) is 3.08. The van der Waals surface area contributed by atoms with E-state index in [0.717, 1.165) is 35.1 Å². The Balaban J connectivity index is 2.36. The number of hydrogen-bond acceptors (Lipinski definition) is 2. The third kappa shape index (κ3) is 2.54. The molecule has 1 saturated heterocycles. The van der Waals surface area contributed by atoms with Crippen molar-refractivity contribution in [2.24, 2.45) is 0 Å². The van der Waals surface area contributed by atoms with Gasteiger partial charge in [-0.2, -0.15) is 0 Å². The third-order valence-electron chi connectivity index (χ3n) is 3.81. The van der Waals surface area contributed by atoms with Crippen LogP contribution in [0.15, 0.2) is 24.3 Å². The molecule has 1 heterocycles. The number of carboxylic acid groups (broad SMARTS) is 1. The first-order valence-electron chi connectivity index (χ1n) is 6.29. The Morgan fingerprint density at radius 1 is 1.22 bits per heavy atom. The molecule has 0 radical (unpaired) electrons. The normalized spacial score (nSPS) is 20.3. The smallest absolute Gasteiger partial charge is 0.328 e. The number of aliphatic carboxylic acids is 1. The average Bonchev–Trinajstić information content (AvgIpc) is 2.39. The number of carbonyl (C=O) groups is 1. The summed E-state index contributed by atoms with van der Waals surface area (Å²) in [5.41, 5.74) is -0.0255. The Bertz CT molecular complexity index is 426. The molecule has 1 fully saturated rings. The number of benzene rings is 1. The fraction of sp³-hybridized carbons (Fsp3) is 0.500. The zero-order chi connectivity index (χ0) is 13.2. The molecule has 0 aliphatic carbocycles. The highest BCUT2D eigenvalue weighted by Crippen LogP contribution is 2.31. The van der Waals surface area contributed by atoms with Gasteiger partial charge in [-0.05, 0) is 73.1 Å². The third-order valence-corrected chi connectivity index (χ3v) is 4.53. The molecular weight excluding hydrogens is 341 g/mol. The molecule has 1 N–H and O–H groups in total. The second-order valence-electron chi connectivity index (χ2n) is 4.93. The van der Waals surface area contributed by atoms with Crippen LogP contribution in [0.2, 0.25) is 0 Å². The van der Waals surface area contributed by atoms with Crippen molar-refractivity contribution >= 4 is 28.6 Å². The summed E-state index contributed by atoms with van der Waals surface area (Å²) in [6.07, 6.45) is 3.39. The highest BCUT2D eigenvalue weighted by molar-refractivity contribution is 14.1. The van der Waals surface area contributed by atoms with Gasteiger partial charge in [0, 0.05) is 3.57 Å². The minimum atomic E-state index is -0.898. The molecule has 0 amide bonds. The number of hydrogen-bond donors (Lipinski definition) is 1. The topological polar surface area (TPSA) is 40.5 Å². The molecule has 0 bridgehead atoms. The van der Waals surface area contributed by atoms with E-state index < -0.39 is 11.5 Å². The van der Waals surface area contributed by atoms with Crippen LogP contribution in [0.25, 0.3) is 0 Å². The summed E-state index contributed by atoms with van der Waals surface area (Å²) < 4.78 is 1.13. The van der Waals surface area contributed by atoms with Crippen molar-refractivity contribution in [2.45, 2.75) is 31.7 Å². The Hall–Kier alpha value is -0.620. The number of nitrogens with zero attached hydrogens (tertiary/aromatic N) is 1. The van der Waals surface area contributed by atoms with Crippen LogP contribution in [0.3, 0.4) is 0 Å². The van der Waals surface area contributed by atoms with E-state index in [-0.39, 0.29) is 0 Å². The monoisotopic (exact) mass is 359 g/mol. The summed E-state index contributed by atoms with van der Waals surface area (Å²) in [7, 11) is 0. The molecule has 0 aromatic heterocycles. The molecule has 1 aromatic rings. The molecule has 1 atom stereocenters. The van der Waals surface area contributed by atoms with E-state index in [0.29, 0.717) is 0 Å². The molecule has 3 nitrogen and oxygen atoms in total. The Morgan fingerprint density at radius 3 is 2.28 bits per heavy atom. The quantitative estimate of drug-likeness (QED) is 0.844. The lowest BCUT2D eigenvalue weighted by molar-refractivity contribution is -0.152. The summed E-state index contributed by atoms with van der Waals surface area (Å²) in [4.78, 5) is 13.9.